The zero-order chi connectivity index (χ0) is 33.4. The van der Waals surface area contributed by atoms with Gasteiger partial charge in [-0.1, -0.05) is 129 Å². The number of rotatable bonds is 2. The van der Waals surface area contributed by atoms with Crippen LogP contribution in [-0.4, -0.2) is 22.4 Å². The topological polar surface area (TPSA) is 64.5 Å². The van der Waals surface area contributed by atoms with Crippen molar-refractivity contribution in [3.8, 4) is 0 Å². The molecule has 0 saturated carbocycles. The highest BCUT2D eigenvalue weighted by atomic mass is 79.9. The number of aryl methyl sites for hydroxylation is 2. The number of nitrogens with one attached hydrogen (secondary N) is 2. The lowest BCUT2D eigenvalue weighted by atomic mass is 9.96. The third-order valence-electron chi connectivity index (χ3n) is 9.84. The Kier molecular flexibility index (Phi) is 9.61. The Morgan fingerprint density at radius 1 is 0.521 bits per heavy atom. The molecule has 0 unspecified atom stereocenters. The van der Waals surface area contributed by atoms with E-state index in [4.69, 9.17) is 0 Å². The summed E-state index contributed by atoms with van der Waals surface area (Å²) in [5.74, 6) is 0. The van der Waals surface area contributed by atoms with E-state index in [0.717, 1.165) is 20.3 Å². The van der Waals surface area contributed by atoms with E-state index in [1.54, 1.807) is 0 Å². The molecule has 0 fully saturated rings. The minimum atomic E-state index is -0.351. The normalized spacial score (nSPS) is 20.3. The van der Waals surface area contributed by atoms with Gasteiger partial charge < -0.3 is 20.8 Å². The molecule has 0 saturated heterocycles. The summed E-state index contributed by atoms with van der Waals surface area (Å²) in [5, 5.41) is 33.4. The van der Waals surface area contributed by atoms with Crippen LogP contribution in [0, 0.1) is 13.8 Å². The fourth-order valence-corrected chi connectivity index (χ4v) is 8.73. The standard InChI is InChI=1S/2C21H20BrNO/c2*1-13-6-2-3-7-16(13)20-12-15(24)10-14-11-19(22)17-8-4-5-9-18(17)21(14)23-20/h2*2-9,11,15,20,23-24H,10,12H2,1H3/t2*15-,20+/m00/s1. The Bertz CT molecular complexity index is 1960. The lowest BCUT2D eigenvalue weighted by molar-refractivity contribution is 0.160. The van der Waals surface area contributed by atoms with Gasteiger partial charge in [-0.3, -0.25) is 0 Å². The molecule has 2 aliphatic heterocycles. The number of halogens is 2. The maximum atomic E-state index is 10.6. The van der Waals surface area contributed by atoms with Crippen LogP contribution in [0.25, 0.3) is 21.5 Å². The molecule has 0 bridgehead atoms. The molecule has 244 valence electrons. The van der Waals surface area contributed by atoms with E-state index in [0.29, 0.717) is 25.7 Å². The summed E-state index contributed by atoms with van der Waals surface area (Å²) in [7, 11) is 0. The predicted molar refractivity (Wildman–Crippen MR) is 207 cm³/mol. The minimum absolute atomic E-state index is 0.118. The SMILES string of the molecule is Cc1ccccc1[C@H]1C[C@@H](O)Cc2cc(Br)c3ccccc3c2N1.Cc1ccccc1[C@H]1C[C@@H](O)Cc2cc(Br)c3ccccc3c2N1. The molecule has 48 heavy (non-hydrogen) atoms. The van der Waals surface area contributed by atoms with Crippen molar-refractivity contribution in [2.24, 2.45) is 0 Å². The Morgan fingerprint density at radius 3 is 1.27 bits per heavy atom. The second-order valence-corrected chi connectivity index (χ2v) is 14.9. The van der Waals surface area contributed by atoms with E-state index in [1.807, 2.05) is 0 Å². The highest BCUT2D eigenvalue weighted by molar-refractivity contribution is 9.11. The largest absolute Gasteiger partial charge is 0.393 e. The zero-order valence-corrected chi connectivity index (χ0v) is 30.4. The van der Waals surface area contributed by atoms with E-state index in [-0.39, 0.29) is 24.3 Å². The molecule has 6 aromatic rings. The fraction of sp³-hybridized carbons (Fsp3) is 0.238. The number of anilines is 2. The van der Waals surface area contributed by atoms with Gasteiger partial charge >= 0.3 is 0 Å². The van der Waals surface area contributed by atoms with Crippen molar-refractivity contribution in [3.05, 3.63) is 152 Å². The highest BCUT2D eigenvalue weighted by Crippen LogP contribution is 2.41. The van der Waals surface area contributed by atoms with Gasteiger partial charge in [-0.15, -0.1) is 0 Å². The van der Waals surface area contributed by atoms with Gasteiger partial charge in [0.25, 0.3) is 0 Å². The van der Waals surface area contributed by atoms with Crippen LogP contribution >= 0.6 is 31.9 Å². The summed E-state index contributed by atoms with van der Waals surface area (Å²) in [4.78, 5) is 0. The molecule has 4 nitrogen and oxygen atoms in total. The molecule has 8 rings (SSSR count). The summed E-state index contributed by atoms with van der Waals surface area (Å²) in [5.41, 5.74) is 9.68. The van der Waals surface area contributed by atoms with Gasteiger partial charge in [0.15, 0.2) is 0 Å². The summed E-state index contributed by atoms with van der Waals surface area (Å²) < 4.78 is 2.17. The van der Waals surface area contributed by atoms with Crippen molar-refractivity contribution >= 4 is 64.8 Å². The van der Waals surface area contributed by atoms with Crippen LogP contribution in [0.2, 0.25) is 0 Å². The number of hydrogen-bond acceptors (Lipinski definition) is 4. The average molecular weight is 765 g/mol. The van der Waals surface area contributed by atoms with E-state index in [9.17, 15) is 10.2 Å². The zero-order valence-electron chi connectivity index (χ0n) is 27.2. The Hall–Kier alpha value is -3.68. The average Bonchev–Trinajstić information content (AvgIpc) is 3.36. The first-order chi connectivity index (χ1) is 23.3. The Balaban J connectivity index is 0.000000152. The van der Waals surface area contributed by atoms with Gasteiger partial charge in [0, 0.05) is 43.9 Å². The number of hydrogen-bond donors (Lipinski definition) is 4. The number of benzene rings is 6. The first-order valence-corrected chi connectivity index (χ1v) is 18.3. The summed E-state index contributed by atoms with van der Waals surface area (Å²) in [6, 6.07) is 38.2. The number of fused-ring (bicyclic) bond motifs is 6. The fourth-order valence-electron chi connectivity index (χ4n) is 7.48. The third kappa shape index (κ3) is 6.64. The molecule has 0 aromatic heterocycles. The Morgan fingerprint density at radius 2 is 0.875 bits per heavy atom. The van der Waals surface area contributed by atoms with Crippen molar-refractivity contribution in [2.75, 3.05) is 10.6 Å². The van der Waals surface area contributed by atoms with Crippen LogP contribution in [0.5, 0.6) is 0 Å². The van der Waals surface area contributed by atoms with Gasteiger partial charge in [-0.25, -0.2) is 0 Å². The highest BCUT2D eigenvalue weighted by Gasteiger charge is 2.27. The quantitative estimate of drug-likeness (QED) is 0.142. The van der Waals surface area contributed by atoms with Gasteiger partial charge in [-0.2, -0.15) is 0 Å². The molecule has 2 heterocycles. The summed E-state index contributed by atoms with van der Waals surface area (Å²) >= 11 is 7.37. The van der Waals surface area contributed by atoms with Crippen molar-refractivity contribution in [1.82, 2.24) is 0 Å². The molecular weight excluding hydrogens is 724 g/mol. The molecule has 6 heteroatoms. The predicted octanol–water partition coefficient (Wildman–Crippen LogP) is 10.7. The maximum Gasteiger partial charge on any atom is 0.0604 e. The lowest BCUT2D eigenvalue weighted by Crippen LogP contribution is -2.17. The minimum Gasteiger partial charge on any atom is -0.393 e. The smallest absolute Gasteiger partial charge is 0.0604 e. The van der Waals surface area contributed by atoms with Crippen molar-refractivity contribution in [1.29, 1.82) is 0 Å². The first-order valence-electron chi connectivity index (χ1n) is 16.7. The third-order valence-corrected chi connectivity index (χ3v) is 11.2. The van der Waals surface area contributed by atoms with Crippen LogP contribution in [0.15, 0.2) is 118 Å². The van der Waals surface area contributed by atoms with Crippen LogP contribution in [0.1, 0.15) is 58.3 Å². The van der Waals surface area contributed by atoms with Gasteiger partial charge in [-0.05, 0) is 83.0 Å². The van der Waals surface area contributed by atoms with Crippen LogP contribution in [0.3, 0.4) is 0 Å². The van der Waals surface area contributed by atoms with Crippen LogP contribution in [0.4, 0.5) is 11.4 Å². The van der Waals surface area contributed by atoms with Crippen LogP contribution < -0.4 is 10.6 Å². The molecule has 0 radical (unpaired) electrons. The van der Waals surface area contributed by atoms with Crippen molar-refractivity contribution in [3.63, 3.8) is 0 Å². The summed E-state index contributed by atoms with van der Waals surface area (Å²) in [6.07, 6.45) is 2.08. The van der Waals surface area contributed by atoms with Crippen molar-refractivity contribution < 1.29 is 10.2 Å². The number of aliphatic hydroxyl groups excluding tert-OH is 2. The van der Waals surface area contributed by atoms with Gasteiger partial charge in [0.1, 0.15) is 0 Å². The van der Waals surface area contributed by atoms with E-state index >= 15 is 0 Å². The van der Waals surface area contributed by atoms with Gasteiger partial charge in [0.05, 0.1) is 24.3 Å². The Labute approximate surface area is 299 Å². The molecule has 0 amide bonds. The molecular formula is C42H40Br2N2O2. The molecule has 2 aliphatic rings. The second kappa shape index (κ2) is 14.0. The van der Waals surface area contributed by atoms with E-state index < -0.39 is 0 Å². The summed E-state index contributed by atoms with van der Waals surface area (Å²) in [6.45, 7) is 4.27. The molecule has 4 atom stereocenters. The van der Waals surface area contributed by atoms with Gasteiger partial charge in [0.2, 0.25) is 0 Å². The maximum absolute atomic E-state index is 10.6. The number of aliphatic hydroxyl groups is 2. The van der Waals surface area contributed by atoms with E-state index in [1.165, 1.54) is 54.9 Å². The molecule has 0 aliphatic carbocycles. The van der Waals surface area contributed by atoms with Crippen molar-refractivity contribution in [2.45, 2.75) is 63.8 Å². The molecule has 0 spiro atoms. The first kappa shape index (κ1) is 32.8. The second-order valence-electron chi connectivity index (χ2n) is 13.2. The van der Waals surface area contributed by atoms with Crippen LogP contribution in [-0.2, 0) is 12.8 Å². The molecule has 4 N–H and O–H groups in total. The monoisotopic (exact) mass is 762 g/mol. The van der Waals surface area contributed by atoms with E-state index in [2.05, 4.69) is 166 Å². The molecule has 6 aromatic carbocycles. The lowest BCUT2D eigenvalue weighted by Gasteiger charge is -2.22.